The van der Waals surface area contributed by atoms with Crippen molar-refractivity contribution in [3.8, 4) is 28.3 Å². The number of aryl methyl sites for hydroxylation is 1. The van der Waals surface area contributed by atoms with Gasteiger partial charge in [-0.3, -0.25) is 9.97 Å². The fourth-order valence-corrected chi connectivity index (χ4v) is 5.74. The van der Waals surface area contributed by atoms with Gasteiger partial charge in [-0.15, -0.1) is 53.6 Å². The van der Waals surface area contributed by atoms with Gasteiger partial charge in [-0.05, 0) is 36.0 Å². The van der Waals surface area contributed by atoms with Crippen LogP contribution in [0.4, 0.5) is 0 Å². The van der Waals surface area contributed by atoms with Gasteiger partial charge in [0.2, 0.25) is 0 Å². The van der Waals surface area contributed by atoms with Crippen molar-refractivity contribution in [2.75, 3.05) is 0 Å². The number of para-hydroxylation sites is 2. The molecule has 4 heterocycles. The Morgan fingerprint density at radius 2 is 1.52 bits per heavy atom. The number of furan rings is 1. The third kappa shape index (κ3) is 5.78. The quantitative estimate of drug-likeness (QED) is 0.168. The van der Waals surface area contributed by atoms with Gasteiger partial charge in [0.25, 0.3) is 0 Å². The van der Waals surface area contributed by atoms with Crippen LogP contribution in [0.2, 0.25) is 0 Å². The molecule has 1 radical (unpaired) electrons. The number of hydrogen-bond acceptors (Lipinski definition) is 4. The number of nitrogens with zero attached hydrogens (tertiary/aromatic N) is 4. The van der Waals surface area contributed by atoms with Gasteiger partial charge in [-0.2, -0.15) is 0 Å². The van der Waals surface area contributed by atoms with Crippen molar-refractivity contribution in [3.05, 3.63) is 145 Å². The van der Waals surface area contributed by atoms with Crippen LogP contribution < -0.4 is 0 Å². The predicted octanol–water partition coefficient (Wildman–Crippen LogP) is 9.94. The SMILES string of the molecule is Cc1c[c-]c(-c2nc3ccnc(C(C)(C)C)c3n2-c2ccccc2)c2oc3ccccc3c12.[Ir].[c-]1ccccc1-c1ccccn1. The van der Waals surface area contributed by atoms with Crippen LogP contribution in [0.25, 0.3) is 61.3 Å². The van der Waals surface area contributed by atoms with Crippen LogP contribution in [0.3, 0.4) is 0 Å². The molecule has 8 rings (SSSR count). The minimum atomic E-state index is -0.144. The number of fused-ring (bicyclic) bond motifs is 4. The minimum absolute atomic E-state index is 0. The molecular weight excluding hydrogens is 745 g/mol. The van der Waals surface area contributed by atoms with Gasteiger partial charge in [-0.1, -0.05) is 87.2 Å². The smallest absolute Gasteiger partial charge is 0.120 e. The van der Waals surface area contributed by atoms with E-state index < -0.39 is 0 Å². The molecule has 0 aliphatic carbocycles. The van der Waals surface area contributed by atoms with Crippen molar-refractivity contribution >= 4 is 33.0 Å². The molecule has 8 aromatic rings. The van der Waals surface area contributed by atoms with Gasteiger partial charge in [-0.25, -0.2) is 0 Å². The fraction of sp³-hybridized carbons (Fsp3) is 0.125. The number of rotatable bonds is 3. The van der Waals surface area contributed by atoms with Crippen LogP contribution in [-0.4, -0.2) is 19.5 Å². The summed E-state index contributed by atoms with van der Waals surface area (Å²) in [5, 5.41) is 2.22. The summed E-state index contributed by atoms with van der Waals surface area (Å²) in [6, 6.07) is 42.8. The van der Waals surface area contributed by atoms with E-state index in [0.717, 1.165) is 72.6 Å². The maximum absolute atomic E-state index is 6.40. The molecule has 0 fully saturated rings. The molecular formula is C40H32IrN4O-2. The Labute approximate surface area is 282 Å². The molecule has 0 N–H and O–H groups in total. The molecule has 5 nitrogen and oxygen atoms in total. The van der Waals surface area contributed by atoms with Gasteiger partial charge in [0.1, 0.15) is 5.58 Å². The predicted molar refractivity (Wildman–Crippen MR) is 182 cm³/mol. The van der Waals surface area contributed by atoms with E-state index in [1.54, 1.807) is 6.20 Å². The van der Waals surface area contributed by atoms with Gasteiger partial charge in [0, 0.05) is 49.0 Å². The van der Waals surface area contributed by atoms with Crippen molar-refractivity contribution in [1.82, 2.24) is 19.5 Å². The molecule has 0 bridgehead atoms. The van der Waals surface area contributed by atoms with Gasteiger partial charge < -0.3 is 14.0 Å². The van der Waals surface area contributed by atoms with Gasteiger partial charge >= 0.3 is 0 Å². The first-order valence-corrected chi connectivity index (χ1v) is 15.0. The summed E-state index contributed by atoms with van der Waals surface area (Å²) in [5.41, 5.74) is 9.51. The zero-order valence-corrected chi connectivity index (χ0v) is 28.5. The third-order valence-corrected chi connectivity index (χ3v) is 7.81. The summed E-state index contributed by atoms with van der Waals surface area (Å²) in [6.45, 7) is 8.66. The molecule has 0 aliphatic heterocycles. The number of aromatic nitrogens is 4. The second-order valence-electron chi connectivity index (χ2n) is 12.0. The Kier molecular flexibility index (Phi) is 8.68. The summed E-state index contributed by atoms with van der Waals surface area (Å²) >= 11 is 0. The van der Waals surface area contributed by atoms with Crippen molar-refractivity contribution in [3.63, 3.8) is 0 Å². The molecule has 6 heteroatoms. The first-order valence-electron chi connectivity index (χ1n) is 15.0. The zero-order chi connectivity index (χ0) is 31.0. The standard InChI is InChI=1S/C29H24N3O.C11H8N.Ir/c1-18-14-15-21(26-24(18)20-12-8-9-13-23(20)33-26)28-31-22-16-17-30-27(29(2,3)4)25(22)32(28)19-10-6-5-7-11-19;1-2-6-10(7-3-1)11-8-4-5-9-12-11;/h5-14,16-17H,1-4H3;1-6,8-9H;/q2*-1;. The van der Waals surface area contributed by atoms with E-state index in [9.17, 15) is 0 Å². The molecule has 0 saturated heterocycles. The van der Waals surface area contributed by atoms with E-state index in [1.165, 1.54) is 0 Å². The zero-order valence-electron chi connectivity index (χ0n) is 26.1. The van der Waals surface area contributed by atoms with Crippen LogP contribution in [0.15, 0.2) is 126 Å². The van der Waals surface area contributed by atoms with Crippen molar-refractivity contribution < 1.29 is 24.5 Å². The normalized spacial score (nSPS) is 11.3. The first-order chi connectivity index (χ1) is 21.9. The molecule has 0 unspecified atom stereocenters. The first kappa shape index (κ1) is 31.1. The van der Waals surface area contributed by atoms with Crippen LogP contribution in [0.5, 0.6) is 0 Å². The molecule has 0 amide bonds. The Hall–Kier alpha value is -4.90. The number of imidazole rings is 1. The van der Waals surface area contributed by atoms with Gasteiger partial charge in [0.15, 0.2) is 0 Å². The summed E-state index contributed by atoms with van der Waals surface area (Å²) < 4.78 is 8.61. The molecule has 0 saturated carbocycles. The molecule has 46 heavy (non-hydrogen) atoms. The summed E-state index contributed by atoms with van der Waals surface area (Å²) in [4.78, 5) is 14.1. The van der Waals surface area contributed by atoms with E-state index in [1.807, 2.05) is 97.2 Å². The molecule has 0 aliphatic rings. The second kappa shape index (κ2) is 12.8. The van der Waals surface area contributed by atoms with Crippen LogP contribution in [0, 0.1) is 19.1 Å². The van der Waals surface area contributed by atoms with E-state index in [2.05, 4.69) is 67.6 Å². The summed E-state index contributed by atoms with van der Waals surface area (Å²) in [6.07, 6.45) is 3.64. The molecule has 0 spiro atoms. The van der Waals surface area contributed by atoms with Crippen molar-refractivity contribution in [2.24, 2.45) is 0 Å². The number of pyridine rings is 2. The monoisotopic (exact) mass is 777 g/mol. The van der Waals surface area contributed by atoms with E-state index in [4.69, 9.17) is 14.4 Å². The van der Waals surface area contributed by atoms with Gasteiger partial charge in [0.05, 0.1) is 28.1 Å². The summed E-state index contributed by atoms with van der Waals surface area (Å²) in [7, 11) is 0. The number of benzene rings is 4. The van der Waals surface area contributed by atoms with E-state index in [0.29, 0.717) is 0 Å². The second-order valence-corrected chi connectivity index (χ2v) is 12.0. The van der Waals surface area contributed by atoms with Crippen molar-refractivity contribution in [2.45, 2.75) is 33.1 Å². The minimum Gasteiger partial charge on any atom is -0.501 e. The topological polar surface area (TPSA) is 56.7 Å². The maximum Gasteiger partial charge on any atom is 0.120 e. The van der Waals surface area contributed by atoms with E-state index >= 15 is 0 Å². The summed E-state index contributed by atoms with van der Waals surface area (Å²) in [5.74, 6) is 0.804. The Balaban J connectivity index is 0.000000241. The van der Waals surface area contributed by atoms with Crippen LogP contribution in [0.1, 0.15) is 32.0 Å². The average molecular weight is 777 g/mol. The largest absolute Gasteiger partial charge is 0.501 e. The average Bonchev–Trinajstić information content (AvgIpc) is 3.66. The van der Waals surface area contributed by atoms with Crippen LogP contribution >= 0.6 is 0 Å². The molecule has 4 aromatic heterocycles. The van der Waals surface area contributed by atoms with Crippen molar-refractivity contribution in [1.29, 1.82) is 0 Å². The molecule has 4 aromatic carbocycles. The third-order valence-electron chi connectivity index (χ3n) is 7.81. The molecule has 0 atom stereocenters. The Bertz CT molecular complexity index is 2210. The fourth-order valence-electron chi connectivity index (χ4n) is 5.74. The van der Waals surface area contributed by atoms with Crippen LogP contribution in [-0.2, 0) is 25.5 Å². The Morgan fingerprint density at radius 1 is 0.761 bits per heavy atom. The maximum atomic E-state index is 6.40. The molecule has 229 valence electrons. The number of hydrogen-bond donors (Lipinski definition) is 0. The Morgan fingerprint density at radius 3 is 2.26 bits per heavy atom. The van der Waals surface area contributed by atoms with E-state index in [-0.39, 0.29) is 25.5 Å².